The Bertz CT molecular complexity index is 875. The van der Waals surface area contributed by atoms with Gasteiger partial charge >= 0.3 is 0 Å². The van der Waals surface area contributed by atoms with E-state index in [0.717, 1.165) is 29.0 Å². The molecule has 1 heterocycles. The maximum atomic E-state index is 11.7. The third kappa shape index (κ3) is 5.58. The molecule has 2 aromatic carbocycles. The molecule has 4 nitrogen and oxygen atoms in total. The number of thioether (sulfide) groups is 1. The van der Waals surface area contributed by atoms with Crippen LogP contribution in [0.5, 0.6) is 11.5 Å². The smallest absolute Gasteiger partial charge is 0.263 e. The van der Waals surface area contributed by atoms with Gasteiger partial charge < -0.3 is 14.8 Å². The Hall–Kier alpha value is -2.31. The molecule has 1 amide bonds. The molecule has 1 aliphatic rings. The summed E-state index contributed by atoms with van der Waals surface area (Å²) in [4.78, 5) is 12.3. The lowest BCUT2D eigenvalue weighted by Crippen LogP contribution is -2.17. The summed E-state index contributed by atoms with van der Waals surface area (Å²) >= 11 is 6.26. The van der Waals surface area contributed by atoms with Crippen molar-refractivity contribution in [2.75, 3.05) is 13.2 Å². The normalized spacial score (nSPS) is 15.1. The number of ether oxygens (including phenoxy) is 2. The van der Waals surface area contributed by atoms with Gasteiger partial charge in [0.25, 0.3) is 5.91 Å². The van der Waals surface area contributed by atoms with Crippen molar-refractivity contribution in [3.63, 3.8) is 0 Å². The molecule has 0 bridgehead atoms. The average Bonchev–Trinajstić information content (AvgIpc) is 2.96. The molecule has 140 valence electrons. The minimum Gasteiger partial charge on any atom is -0.493 e. The molecule has 0 saturated carbocycles. The van der Waals surface area contributed by atoms with Crippen molar-refractivity contribution in [3.05, 3.63) is 64.1 Å². The summed E-state index contributed by atoms with van der Waals surface area (Å²) in [5.74, 6) is 1.58. The first kappa shape index (κ1) is 19.5. The number of hydrogen-bond acceptors (Lipinski definition) is 5. The van der Waals surface area contributed by atoms with Gasteiger partial charge in [-0.2, -0.15) is 0 Å². The van der Waals surface area contributed by atoms with E-state index in [1.54, 1.807) is 0 Å². The number of thiocarbonyl (C=S) groups is 1. The summed E-state index contributed by atoms with van der Waals surface area (Å²) in [5, 5.41) is 2.61. The van der Waals surface area contributed by atoms with Crippen molar-refractivity contribution in [3.8, 4) is 11.5 Å². The summed E-state index contributed by atoms with van der Waals surface area (Å²) in [5.41, 5.74) is 3.27. The monoisotopic (exact) mass is 399 g/mol. The lowest BCUT2D eigenvalue weighted by atomic mass is 10.1. The van der Waals surface area contributed by atoms with Crippen LogP contribution in [0.15, 0.2) is 47.4 Å². The topological polar surface area (TPSA) is 47.6 Å². The van der Waals surface area contributed by atoms with Crippen LogP contribution >= 0.6 is 24.0 Å². The van der Waals surface area contributed by atoms with Crippen LogP contribution in [0.1, 0.15) is 23.1 Å². The molecule has 27 heavy (non-hydrogen) atoms. The highest BCUT2D eigenvalue weighted by molar-refractivity contribution is 8.26. The highest BCUT2D eigenvalue weighted by Gasteiger charge is 2.21. The SMILES string of the molecule is Cc1ccc(C)c(OCCCOc2ccc(C=C3SC(=S)NC3=O)cc2)c1. The second-order valence-corrected chi connectivity index (χ2v) is 7.96. The predicted octanol–water partition coefficient (Wildman–Crippen LogP) is 4.64. The fraction of sp³-hybridized carbons (Fsp3) is 0.238. The summed E-state index contributed by atoms with van der Waals surface area (Å²) in [6.45, 7) is 5.29. The van der Waals surface area contributed by atoms with Crippen LogP contribution in [0.25, 0.3) is 6.08 Å². The van der Waals surface area contributed by atoms with E-state index >= 15 is 0 Å². The largest absolute Gasteiger partial charge is 0.493 e. The Morgan fingerprint density at radius 2 is 1.81 bits per heavy atom. The van der Waals surface area contributed by atoms with Gasteiger partial charge in [0.05, 0.1) is 18.1 Å². The molecule has 1 aliphatic heterocycles. The van der Waals surface area contributed by atoms with Gasteiger partial charge in [-0.15, -0.1) is 0 Å². The molecule has 1 fully saturated rings. The standard InChI is InChI=1S/C21H21NO3S2/c1-14-4-5-15(2)18(12-14)25-11-3-10-24-17-8-6-16(7-9-17)13-19-20(23)22-21(26)27-19/h4-9,12-13H,3,10-11H2,1-2H3,(H,22,23,26). The minimum atomic E-state index is -0.144. The number of aryl methyl sites for hydroxylation is 2. The van der Waals surface area contributed by atoms with E-state index in [-0.39, 0.29) is 5.91 Å². The minimum absolute atomic E-state index is 0.144. The highest BCUT2D eigenvalue weighted by Crippen LogP contribution is 2.26. The van der Waals surface area contributed by atoms with Gasteiger partial charge in [0.15, 0.2) is 0 Å². The first-order valence-corrected chi connectivity index (χ1v) is 9.91. The van der Waals surface area contributed by atoms with E-state index in [0.29, 0.717) is 22.4 Å². The van der Waals surface area contributed by atoms with Crippen molar-refractivity contribution in [2.45, 2.75) is 20.3 Å². The number of hydrogen-bond donors (Lipinski definition) is 1. The lowest BCUT2D eigenvalue weighted by Gasteiger charge is -2.10. The molecule has 3 rings (SSSR count). The molecule has 0 unspecified atom stereocenters. The fourth-order valence-electron chi connectivity index (χ4n) is 2.53. The van der Waals surface area contributed by atoms with Gasteiger partial charge in [-0.1, -0.05) is 48.2 Å². The Morgan fingerprint density at radius 1 is 1.07 bits per heavy atom. The van der Waals surface area contributed by atoms with Gasteiger partial charge in [-0.05, 0) is 54.8 Å². The Balaban J connectivity index is 1.44. The van der Waals surface area contributed by atoms with Gasteiger partial charge in [0.1, 0.15) is 15.8 Å². The second-order valence-electron chi connectivity index (χ2n) is 6.24. The average molecular weight is 400 g/mol. The molecule has 6 heteroatoms. The Morgan fingerprint density at radius 3 is 2.52 bits per heavy atom. The van der Waals surface area contributed by atoms with Crippen molar-refractivity contribution in [2.24, 2.45) is 0 Å². The Kier molecular flexibility index (Phi) is 6.53. The number of carbonyl (C=O) groups excluding carboxylic acids is 1. The van der Waals surface area contributed by atoms with E-state index in [9.17, 15) is 4.79 Å². The number of benzene rings is 2. The Labute approximate surface area is 168 Å². The zero-order chi connectivity index (χ0) is 19.2. The van der Waals surface area contributed by atoms with Crippen LogP contribution in [-0.4, -0.2) is 23.4 Å². The van der Waals surface area contributed by atoms with Gasteiger partial charge in [-0.3, -0.25) is 4.79 Å². The lowest BCUT2D eigenvalue weighted by molar-refractivity contribution is -0.115. The molecule has 1 saturated heterocycles. The van der Waals surface area contributed by atoms with Crippen LogP contribution in [0.4, 0.5) is 0 Å². The van der Waals surface area contributed by atoms with Crippen molar-refractivity contribution in [1.82, 2.24) is 5.32 Å². The third-order valence-electron chi connectivity index (χ3n) is 3.98. The van der Waals surface area contributed by atoms with Crippen LogP contribution in [0, 0.1) is 13.8 Å². The number of rotatable bonds is 7. The third-order valence-corrected chi connectivity index (χ3v) is 5.14. The van der Waals surface area contributed by atoms with Gasteiger partial charge in [0.2, 0.25) is 0 Å². The predicted molar refractivity (Wildman–Crippen MR) is 114 cm³/mol. The second kappa shape index (κ2) is 9.06. The highest BCUT2D eigenvalue weighted by atomic mass is 32.2. The van der Waals surface area contributed by atoms with E-state index in [1.165, 1.54) is 17.3 Å². The van der Waals surface area contributed by atoms with Crippen molar-refractivity contribution < 1.29 is 14.3 Å². The molecule has 0 atom stereocenters. The zero-order valence-electron chi connectivity index (χ0n) is 15.3. The first-order chi connectivity index (χ1) is 13.0. The molecular weight excluding hydrogens is 378 g/mol. The summed E-state index contributed by atoms with van der Waals surface area (Å²) in [7, 11) is 0. The van der Waals surface area contributed by atoms with E-state index in [2.05, 4.69) is 30.4 Å². The van der Waals surface area contributed by atoms with Crippen LogP contribution in [0.2, 0.25) is 0 Å². The maximum Gasteiger partial charge on any atom is 0.263 e. The quantitative estimate of drug-likeness (QED) is 0.418. The zero-order valence-corrected chi connectivity index (χ0v) is 16.9. The number of nitrogens with one attached hydrogen (secondary N) is 1. The molecule has 0 spiro atoms. The maximum absolute atomic E-state index is 11.7. The van der Waals surface area contributed by atoms with Crippen molar-refractivity contribution >= 4 is 40.3 Å². The number of amides is 1. The van der Waals surface area contributed by atoms with Crippen LogP contribution in [0.3, 0.4) is 0 Å². The van der Waals surface area contributed by atoms with Crippen LogP contribution in [-0.2, 0) is 4.79 Å². The molecule has 0 radical (unpaired) electrons. The summed E-state index contributed by atoms with van der Waals surface area (Å²) in [6, 6.07) is 13.8. The van der Waals surface area contributed by atoms with Gasteiger partial charge in [0, 0.05) is 6.42 Å². The number of carbonyl (C=O) groups is 1. The molecular formula is C21H21NO3S2. The van der Waals surface area contributed by atoms with E-state index in [4.69, 9.17) is 21.7 Å². The summed E-state index contributed by atoms with van der Waals surface area (Å²) in [6.07, 6.45) is 2.62. The molecule has 0 aliphatic carbocycles. The summed E-state index contributed by atoms with van der Waals surface area (Å²) < 4.78 is 12.1. The van der Waals surface area contributed by atoms with E-state index in [1.807, 2.05) is 37.3 Å². The van der Waals surface area contributed by atoms with E-state index < -0.39 is 0 Å². The first-order valence-electron chi connectivity index (χ1n) is 8.69. The van der Waals surface area contributed by atoms with Gasteiger partial charge in [-0.25, -0.2) is 0 Å². The van der Waals surface area contributed by atoms with Crippen LogP contribution < -0.4 is 14.8 Å². The molecule has 1 N–H and O–H groups in total. The van der Waals surface area contributed by atoms with Crippen molar-refractivity contribution in [1.29, 1.82) is 0 Å². The molecule has 2 aromatic rings. The molecule has 0 aromatic heterocycles. The fourth-order valence-corrected chi connectivity index (χ4v) is 3.57.